The Bertz CT molecular complexity index is 289. The average Bonchev–Trinajstić information content (AvgIpc) is 2.17. The van der Waals surface area contributed by atoms with Crippen molar-refractivity contribution in [2.45, 2.75) is 26.8 Å². The van der Waals surface area contributed by atoms with Crippen LogP contribution in [0, 0.1) is 5.92 Å². The predicted molar refractivity (Wildman–Crippen MR) is 68.7 cm³/mol. The molecule has 0 aromatic carbocycles. The Morgan fingerprint density at radius 2 is 1.80 bits per heavy atom. The van der Waals surface area contributed by atoms with Gasteiger partial charge < -0.3 is 4.43 Å². The molecule has 0 heterocycles. The van der Waals surface area contributed by atoms with Crippen LogP contribution >= 0.6 is 0 Å². The van der Waals surface area contributed by atoms with Crippen molar-refractivity contribution in [3.05, 3.63) is 48.8 Å². The Labute approximate surface area is 96.2 Å². The van der Waals surface area contributed by atoms with E-state index in [1.165, 1.54) is 0 Å². The fourth-order valence-electron chi connectivity index (χ4n) is 1.36. The molecule has 0 amide bonds. The molecular formula is C13H20OSi. The molecule has 82 valence electrons. The quantitative estimate of drug-likeness (QED) is 0.359. The number of hydrogen-bond acceptors (Lipinski definition) is 1. The third kappa shape index (κ3) is 3.92. The van der Waals surface area contributed by atoms with E-state index in [2.05, 4.69) is 33.2 Å². The van der Waals surface area contributed by atoms with Crippen molar-refractivity contribution in [3.8, 4) is 0 Å². The zero-order valence-corrected chi connectivity index (χ0v) is 11.0. The molecule has 1 atom stereocenters. The Balaban J connectivity index is 4.68. The van der Waals surface area contributed by atoms with Crippen LogP contribution in [0.3, 0.4) is 0 Å². The van der Waals surface area contributed by atoms with E-state index in [0.29, 0.717) is 9.76 Å². The lowest BCUT2D eigenvalue weighted by molar-refractivity contribution is 0.387. The molecule has 0 aromatic heterocycles. The average molecular weight is 220 g/mol. The summed E-state index contributed by atoms with van der Waals surface area (Å²) in [6.07, 6.45) is 0.925. The summed E-state index contributed by atoms with van der Waals surface area (Å²) in [5, 5.41) is 0. The normalized spacial score (nSPS) is 11.7. The smallest absolute Gasteiger partial charge is 0.306 e. The molecule has 0 bridgehead atoms. The molecule has 2 radical (unpaired) electrons. The maximum Gasteiger partial charge on any atom is 0.306 e. The van der Waals surface area contributed by atoms with E-state index < -0.39 is 0 Å². The second-order valence-electron chi connectivity index (χ2n) is 3.52. The highest BCUT2D eigenvalue weighted by Crippen LogP contribution is 2.29. The summed E-state index contributed by atoms with van der Waals surface area (Å²) in [6, 6.07) is 0. The SMILES string of the molecule is C=C(C)C(=C)C(=C)C(CC)C(=C)O[Si]C. The Morgan fingerprint density at radius 1 is 1.27 bits per heavy atom. The van der Waals surface area contributed by atoms with E-state index in [9.17, 15) is 0 Å². The first-order valence-electron chi connectivity index (χ1n) is 5.02. The van der Waals surface area contributed by atoms with Crippen molar-refractivity contribution in [1.82, 2.24) is 0 Å². The van der Waals surface area contributed by atoms with Gasteiger partial charge in [-0.15, -0.1) is 0 Å². The summed E-state index contributed by atoms with van der Waals surface area (Å²) in [5.41, 5.74) is 2.82. The van der Waals surface area contributed by atoms with Crippen LogP contribution in [-0.2, 0) is 4.43 Å². The summed E-state index contributed by atoms with van der Waals surface area (Å²) in [6.45, 7) is 21.8. The van der Waals surface area contributed by atoms with Gasteiger partial charge in [-0.1, -0.05) is 38.8 Å². The van der Waals surface area contributed by atoms with E-state index in [0.717, 1.165) is 28.9 Å². The number of rotatable bonds is 7. The largest absolute Gasteiger partial charge is 0.544 e. The van der Waals surface area contributed by atoms with Crippen molar-refractivity contribution >= 4 is 9.76 Å². The van der Waals surface area contributed by atoms with Gasteiger partial charge in [-0.25, -0.2) is 0 Å². The van der Waals surface area contributed by atoms with Gasteiger partial charge in [0, 0.05) is 5.92 Å². The van der Waals surface area contributed by atoms with Gasteiger partial charge in [0.1, 0.15) is 0 Å². The fraction of sp³-hybridized carbons (Fsp3) is 0.385. The molecule has 0 rings (SSSR count). The third-order valence-corrected chi connectivity index (χ3v) is 2.82. The van der Waals surface area contributed by atoms with E-state index in [4.69, 9.17) is 4.43 Å². The van der Waals surface area contributed by atoms with Gasteiger partial charge in [-0.05, 0) is 31.0 Å². The molecule has 1 nitrogen and oxygen atoms in total. The Kier molecular flexibility index (Phi) is 6.02. The number of hydrogen-bond donors (Lipinski definition) is 0. The summed E-state index contributed by atoms with van der Waals surface area (Å²) in [7, 11) is 0.422. The van der Waals surface area contributed by atoms with Gasteiger partial charge in [0.05, 0.1) is 5.76 Å². The van der Waals surface area contributed by atoms with Crippen molar-refractivity contribution in [2.24, 2.45) is 5.92 Å². The van der Waals surface area contributed by atoms with E-state index in [-0.39, 0.29) is 5.92 Å². The molecule has 0 N–H and O–H groups in total. The van der Waals surface area contributed by atoms with Crippen LogP contribution in [0.25, 0.3) is 0 Å². The molecule has 0 saturated heterocycles. The van der Waals surface area contributed by atoms with Crippen LogP contribution in [0.1, 0.15) is 20.3 Å². The van der Waals surface area contributed by atoms with Gasteiger partial charge in [0.2, 0.25) is 0 Å². The number of allylic oxidation sites excluding steroid dienone is 3. The lowest BCUT2D eigenvalue weighted by Crippen LogP contribution is -2.10. The Hall–Kier alpha value is -1.02. The molecule has 0 spiro atoms. The zero-order chi connectivity index (χ0) is 12.0. The lowest BCUT2D eigenvalue weighted by atomic mass is 9.88. The fourth-order valence-corrected chi connectivity index (χ4v) is 1.76. The molecular weight excluding hydrogens is 200 g/mol. The van der Waals surface area contributed by atoms with E-state index >= 15 is 0 Å². The summed E-state index contributed by atoms with van der Waals surface area (Å²) < 4.78 is 5.45. The van der Waals surface area contributed by atoms with E-state index in [1.54, 1.807) is 0 Å². The molecule has 1 unspecified atom stereocenters. The molecule has 0 aliphatic rings. The highest BCUT2D eigenvalue weighted by atomic mass is 28.2. The molecule has 0 saturated carbocycles. The molecule has 0 aliphatic carbocycles. The van der Waals surface area contributed by atoms with Crippen molar-refractivity contribution < 1.29 is 4.43 Å². The molecule has 0 aromatic rings. The maximum atomic E-state index is 5.45. The maximum absolute atomic E-state index is 5.45. The van der Waals surface area contributed by atoms with Crippen LogP contribution in [0.4, 0.5) is 0 Å². The van der Waals surface area contributed by atoms with E-state index in [1.807, 2.05) is 13.5 Å². The summed E-state index contributed by atoms with van der Waals surface area (Å²) >= 11 is 0. The van der Waals surface area contributed by atoms with Crippen LogP contribution in [0.5, 0.6) is 0 Å². The van der Waals surface area contributed by atoms with Gasteiger partial charge in [0.25, 0.3) is 0 Å². The summed E-state index contributed by atoms with van der Waals surface area (Å²) in [5.74, 6) is 0.937. The van der Waals surface area contributed by atoms with Gasteiger partial charge in [0.15, 0.2) is 0 Å². The standard InChI is InChI=1S/C13H20OSi/c1-8-13(12(6)14-15-7)11(5)10(4)9(2)3/h13H,2,4-6,8H2,1,3,7H3. The first-order chi connectivity index (χ1) is 6.95. The first-order valence-corrected chi connectivity index (χ1v) is 6.42. The minimum Gasteiger partial charge on any atom is -0.544 e. The third-order valence-electron chi connectivity index (χ3n) is 2.35. The van der Waals surface area contributed by atoms with Crippen LogP contribution in [0.2, 0.25) is 6.55 Å². The van der Waals surface area contributed by atoms with Crippen molar-refractivity contribution in [2.75, 3.05) is 0 Å². The van der Waals surface area contributed by atoms with Gasteiger partial charge in [-0.2, -0.15) is 0 Å². The summed E-state index contributed by atoms with van der Waals surface area (Å²) in [4.78, 5) is 0. The first kappa shape index (κ1) is 14.0. The van der Waals surface area contributed by atoms with Crippen molar-refractivity contribution in [1.29, 1.82) is 0 Å². The zero-order valence-electron chi connectivity index (χ0n) is 10.0. The highest BCUT2D eigenvalue weighted by Gasteiger charge is 2.17. The predicted octanol–water partition coefficient (Wildman–Crippen LogP) is 3.90. The lowest BCUT2D eigenvalue weighted by Gasteiger charge is -2.22. The highest BCUT2D eigenvalue weighted by molar-refractivity contribution is 6.25. The topological polar surface area (TPSA) is 9.23 Å². The van der Waals surface area contributed by atoms with Gasteiger partial charge in [-0.3, -0.25) is 0 Å². The van der Waals surface area contributed by atoms with Crippen LogP contribution in [0.15, 0.2) is 48.8 Å². The minimum absolute atomic E-state index is 0.154. The molecule has 0 fully saturated rings. The molecule has 0 aliphatic heterocycles. The van der Waals surface area contributed by atoms with Crippen LogP contribution in [-0.4, -0.2) is 9.76 Å². The molecule has 2 heteroatoms. The second-order valence-corrected chi connectivity index (χ2v) is 4.13. The second kappa shape index (κ2) is 6.46. The Morgan fingerprint density at radius 3 is 2.13 bits per heavy atom. The molecule has 15 heavy (non-hydrogen) atoms. The monoisotopic (exact) mass is 220 g/mol. The van der Waals surface area contributed by atoms with Gasteiger partial charge >= 0.3 is 9.76 Å². The minimum atomic E-state index is 0.154. The van der Waals surface area contributed by atoms with Crippen LogP contribution < -0.4 is 0 Å². The van der Waals surface area contributed by atoms with Crippen molar-refractivity contribution in [3.63, 3.8) is 0 Å².